The summed E-state index contributed by atoms with van der Waals surface area (Å²) >= 11 is 0. The Labute approximate surface area is 119 Å². The van der Waals surface area contributed by atoms with Gasteiger partial charge >= 0.3 is 0 Å². The zero-order chi connectivity index (χ0) is 15.0. The molecule has 3 rings (SSSR count). The smallest absolute Gasteiger partial charge is 0.258 e. The molecule has 7 nitrogen and oxygen atoms in total. The first-order valence-electron chi connectivity index (χ1n) is 5.93. The fourth-order valence-electron chi connectivity index (χ4n) is 2.05. The molecular formula is C13H9N3O4S. The number of nitrogens with zero attached hydrogens (tertiary/aromatic N) is 3. The Balaban J connectivity index is 2.34. The van der Waals surface area contributed by atoms with Gasteiger partial charge in [-0.1, -0.05) is 18.2 Å². The molecule has 2 aromatic heterocycles. The number of benzene rings is 1. The molecule has 0 radical (unpaired) electrons. The molecule has 106 valence electrons. The molecular weight excluding hydrogens is 294 g/mol. The van der Waals surface area contributed by atoms with Gasteiger partial charge < -0.3 is 0 Å². The summed E-state index contributed by atoms with van der Waals surface area (Å²) in [5.41, 5.74) is -0.259. The highest BCUT2D eigenvalue weighted by atomic mass is 32.2. The number of hydrogen-bond donors (Lipinski definition) is 0. The Morgan fingerprint density at radius 3 is 2.48 bits per heavy atom. The van der Waals surface area contributed by atoms with Crippen LogP contribution < -0.4 is 0 Å². The largest absolute Gasteiger partial charge is 0.297 e. The highest BCUT2D eigenvalue weighted by molar-refractivity contribution is 7.90. The summed E-state index contributed by atoms with van der Waals surface area (Å²) in [5, 5.41) is 11.2. The summed E-state index contributed by atoms with van der Waals surface area (Å²) in [4.78, 5) is 14.4. The first kappa shape index (κ1) is 13.3. The fraction of sp³-hybridized carbons (Fsp3) is 0. The van der Waals surface area contributed by atoms with Crippen LogP contribution in [0.15, 0.2) is 59.8 Å². The van der Waals surface area contributed by atoms with E-state index in [-0.39, 0.29) is 21.6 Å². The van der Waals surface area contributed by atoms with E-state index in [1.807, 2.05) is 0 Å². The van der Waals surface area contributed by atoms with Crippen LogP contribution in [-0.4, -0.2) is 22.3 Å². The van der Waals surface area contributed by atoms with Gasteiger partial charge in [-0.05, 0) is 24.3 Å². The second-order valence-electron chi connectivity index (χ2n) is 4.26. The van der Waals surface area contributed by atoms with Gasteiger partial charge in [0.1, 0.15) is 6.20 Å². The molecule has 0 N–H and O–H groups in total. The molecule has 0 spiro atoms. The number of pyridine rings is 1. The SMILES string of the molecule is O=[N+]([O-])c1cn(S(=O)(=O)c2ccccc2)c2ncccc12. The lowest BCUT2D eigenvalue weighted by molar-refractivity contribution is -0.383. The third kappa shape index (κ3) is 2.05. The van der Waals surface area contributed by atoms with Gasteiger partial charge in [0.2, 0.25) is 0 Å². The molecule has 0 atom stereocenters. The van der Waals surface area contributed by atoms with Gasteiger partial charge in [0.25, 0.3) is 15.7 Å². The van der Waals surface area contributed by atoms with Gasteiger partial charge in [-0.3, -0.25) is 10.1 Å². The third-order valence-corrected chi connectivity index (χ3v) is 4.67. The lowest BCUT2D eigenvalue weighted by atomic mass is 10.3. The van der Waals surface area contributed by atoms with Crippen LogP contribution in [-0.2, 0) is 10.0 Å². The monoisotopic (exact) mass is 303 g/mol. The highest BCUT2D eigenvalue weighted by Crippen LogP contribution is 2.29. The van der Waals surface area contributed by atoms with E-state index in [1.165, 1.54) is 30.5 Å². The summed E-state index contributed by atoms with van der Waals surface area (Å²) in [7, 11) is -3.93. The summed E-state index contributed by atoms with van der Waals surface area (Å²) in [6.45, 7) is 0. The van der Waals surface area contributed by atoms with Crippen LogP contribution >= 0.6 is 0 Å². The minimum Gasteiger partial charge on any atom is -0.258 e. The van der Waals surface area contributed by atoms with E-state index in [0.29, 0.717) is 0 Å². The quantitative estimate of drug-likeness (QED) is 0.546. The van der Waals surface area contributed by atoms with Crippen molar-refractivity contribution >= 4 is 26.7 Å². The maximum atomic E-state index is 12.6. The van der Waals surface area contributed by atoms with Crippen LogP contribution in [0.25, 0.3) is 11.0 Å². The Kier molecular flexibility index (Phi) is 2.95. The van der Waals surface area contributed by atoms with Gasteiger partial charge in [-0.15, -0.1) is 0 Å². The minimum absolute atomic E-state index is 0.0352. The maximum Gasteiger partial charge on any atom is 0.297 e. The Bertz CT molecular complexity index is 932. The number of fused-ring (bicyclic) bond motifs is 1. The number of aromatic nitrogens is 2. The molecule has 1 aromatic carbocycles. The molecule has 0 aliphatic rings. The molecule has 0 unspecified atom stereocenters. The predicted molar refractivity (Wildman–Crippen MR) is 75.4 cm³/mol. The van der Waals surface area contributed by atoms with E-state index in [2.05, 4.69) is 4.98 Å². The van der Waals surface area contributed by atoms with Crippen LogP contribution in [0, 0.1) is 10.1 Å². The maximum absolute atomic E-state index is 12.6. The van der Waals surface area contributed by atoms with Gasteiger partial charge in [0, 0.05) is 6.20 Å². The molecule has 0 saturated carbocycles. The molecule has 0 saturated heterocycles. The molecule has 3 aromatic rings. The zero-order valence-electron chi connectivity index (χ0n) is 10.6. The number of nitro groups is 1. The lowest BCUT2D eigenvalue weighted by Crippen LogP contribution is -2.12. The second-order valence-corrected chi connectivity index (χ2v) is 6.07. The van der Waals surface area contributed by atoms with E-state index < -0.39 is 14.9 Å². The van der Waals surface area contributed by atoms with Crippen molar-refractivity contribution in [1.29, 1.82) is 0 Å². The van der Waals surface area contributed by atoms with Crippen LogP contribution in [0.1, 0.15) is 0 Å². The molecule has 21 heavy (non-hydrogen) atoms. The average Bonchev–Trinajstić information content (AvgIpc) is 2.88. The second kappa shape index (κ2) is 4.67. The topological polar surface area (TPSA) is 95.1 Å². The highest BCUT2D eigenvalue weighted by Gasteiger charge is 2.26. The van der Waals surface area contributed by atoms with Crippen LogP contribution in [0.5, 0.6) is 0 Å². The van der Waals surface area contributed by atoms with Crippen molar-refractivity contribution in [2.45, 2.75) is 4.90 Å². The van der Waals surface area contributed by atoms with Crippen LogP contribution in [0.4, 0.5) is 5.69 Å². The van der Waals surface area contributed by atoms with Gasteiger partial charge in [0.05, 0.1) is 15.2 Å². The Morgan fingerprint density at radius 2 is 1.81 bits per heavy atom. The van der Waals surface area contributed by atoms with Crippen molar-refractivity contribution in [1.82, 2.24) is 8.96 Å². The summed E-state index contributed by atoms with van der Waals surface area (Å²) in [6.07, 6.45) is 2.38. The van der Waals surface area contributed by atoms with Gasteiger partial charge in [-0.2, -0.15) is 0 Å². The van der Waals surface area contributed by atoms with Crippen molar-refractivity contribution in [2.75, 3.05) is 0 Å². The normalized spacial score (nSPS) is 11.6. The standard InChI is InChI=1S/C13H9N3O4S/c17-16(18)12-9-15(13-11(12)7-4-8-14-13)21(19,20)10-5-2-1-3-6-10/h1-9H. The molecule has 0 aliphatic carbocycles. The van der Waals surface area contributed by atoms with Crippen molar-refractivity contribution in [3.63, 3.8) is 0 Å². The fourth-order valence-corrected chi connectivity index (χ4v) is 3.39. The Hall–Kier alpha value is -2.74. The van der Waals surface area contributed by atoms with E-state index in [4.69, 9.17) is 0 Å². The molecule has 0 fully saturated rings. The van der Waals surface area contributed by atoms with E-state index in [1.54, 1.807) is 18.2 Å². The van der Waals surface area contributed by atoms with Gasteiger partial charge in [-0.25, -0.2) is 17.4 Å². The molecule has 2 heterocycles. The third-order valence-electron chi connectivity index (χ3n) is 3.01. The van der Waals surface area contributed by atoms with Crippen molar-refractivity contribution in [3.8, 4) is 0 Å². The molecule has 8 heteroatoms. The Morgan fingerprint density at radius 1 is 1.10 bits per heavy atom. The van der Waals surface area contributed by atoms with Gasteiger partial charge in [0.15, 0.2) is 5.65 Å². The van der Waals surface area contributed by atoms with E-state index in [0.717, 1.165) is 10.2 Å². The van der Waals surface area contributed by atoms with Crippen LogP contribution in [0.3, 0.4) is 0 Å². The summed E-state index contributed by atoms with van der Waals surface area (Å²) < 4.78 is 26.0. The molecule has 0 amide bonds. The summed E-state index contributed by atoms with van der Waals surface area (Å²) in [6, 6.07) is 10.7. The van der Waals surface area contributed by atoms with E-state index >= 15 is 0 Å². The van der Waals surface area contributed by atoms with Crippen LogP contribution in [0.2, 0.25) is 0 Å². The van der Waals surface area contributed by atoms with Crippen molar-refractivity contribution in [3.05, 3.63) is 65.0 Å². The summed E-state index contributed by atoms with van der Waals surface area (Å²) in [5.74, 6) is 0. The van der Waals surface area contributed by atoms with E-state index in [9.17, 15) is 18.5 Å². The number of rotatable bonds is 3. The van der Waals surface area contributed by atoms with Crippen molar-refractivity contribution < 1.29 is 13.3 Å². The van der Waals surface area contributed by atoms with Crippen molar-refractivity contribution in [2.24, 2.45) is 0 Å². The first-order valence-corrected chi connectivity index (χ1v) is 7.37. The predicted octanol–water partition coefficient (Wildman–Crippen LogP) is 2.18. The molecule has 0 bridgehead atoms. The number of hydrogen-bond acceptors (Lipinski definition) is 5. The zero-order valence-corrected chi connectivity index (χ0v) is 11.4. The first-order chi connectivity index (χ1) is 10.0. The lowest BCUT2D eigenvalue weighted by Gasteiger charge is -2.05. The average molecular weight is 303 g/mol. The minimum atomic E-state index is -3.93. The molecule has 0 aliphatic heterocycles.